The first-order chi connectivity index (χ1) is 10.1. The molecule has 0 aromatic heterocycles. The van der Waals surface area contributed by atoms with Crippen LogP contribution in [-0.2, 0) is 6.54 Å². The van der Waals surface area contributed by atoms with Crippen LogP contribution in [0.1, 0.15) is 32.3 Å². The fourth-order valence-corrected chi connectivity index (χ4v) is 3.06. The van der Waals surface area contributed by atoms with Crippen molar-refractivity contribution in [1.82, 2.24) is 10.2 Å². The Labute approximate surface area is 134 Å². The standard InChI is InChI=1S/C17H28ClN3/c1-14(2)19-13-15-6-7-17(16(18)12-15)20(3)10-11-21-8-4-5-9-21/h6-7,12,14,19H,4-5,8-11,13H2,1-3H3. The first kappa shape index (κ1) is 16.6. The molecule has 0 aliphatic carbocycles. The van der Waals surface area contributed by atoms with Crippen molar-refractivity contribution in [3.8, 4) is 0 Å². The van der Waals surface area contributed by atoms with Crippen molar-refractivity contribution in [3.05, 3.63) is 28.8 Å². The van der Waals surface area contributed by atoms with Crippen molar-refractivity contribution in [2.45, 2.75) is 39.3 Å². The number of likely N-dealkylation sites (tertiary alicyclic amines) is 1. The topological polar surface area (TPSA) is 18.5 Å². The van der Waals surface area contributed by atoms with Gasteiger partial charge < -0.3 is 15.1 Å². The van der Waals surface area contributed by atoms with E-state index in [4.69, 9.17) is 11.6 Å². The molecule has 0 saturated carbocycles. The summed E-state index contributed by atoms with van der Waals surface area (Å²) in [6.07, 6.45) is 2.70. The Morgan fingerprint density at radius 1 is 1.29 bits per heavy atom. The first-order valence-electron chi connectivity index (χ1n) is 8.01. The molecule has 118 valence electrons. The lowest BCUT2D eigenvalue weighted by Crippen LogP contribution is -2.31. The van der Waals surface area contributed by atoms with Gasteiger partial charge in [-0.15, -0.1) is 0 Å². The van der Waals surface area contributed by atoms with E-state index in [2.05, 4.69) is 54.2 Å². The van der Waals surface area contributed by atoms with Gasteiger partial charge >= 0.3 is 0 Å². The number of benzene rings is 1. The maximum absolute atomic E-state index is 6.45. The van der Waals surface area contributed by atoms with E-state index in [9.17, 15) is 0 Å². The van der Waals surface area contributed by atoms with E-state index in [1.54, 1.807) is 0 Å². The highest BCUT2D eigenvalue weighted by molar-refractivity contribution is 6.33. The Kier molecular flexibility index (Phi) is 6.34. The van der Waals surface area contributed by atoms with E-state index in [0.717, 1.165) is 30.3 Å². The van der Waals surface area contributed by atoms with Crippen LogP contribution < -0.4 is 10.2 Å². The minimum Gasteiger partial charge on any atom is -0.372 e. The zero-order chi connectivity index (χ0) is 15.2. The molecule has 0 spiro atoms. The van der Waals surface area contributed by atoms with Crippen molar-refractivity contribution in [1.29, 1.82) is 0 Å². The van der Waals surface area contributed by atoms with Crippen LogP contribution in [0.3, 0.4) is 0 Å². The maximum Gasteiger partial charge on any atom is 0.0642 e. The third-order valence-electron chi connectivity index (χ3n) is 4.09. The van der Waals surface area contributed by atoms with Crippen LogP contribution in [0, 0.1) is 0 Å². The van der Waals surface area contributed by atoms with Crippen LogP contribution in [0.15, 0.2) is 18.2 Å². The molecule has 2 rings (SSSR count). The SMILES string of the molecule is CC(C)NCc1ccc(N(C)CCN2CCCC2)c(Cl)c1. The number of likely N-dealkylation sites (N-methyl/N-ethyl adjacent to an activating group) is 1. The van der Waals surface area contributed by atoms with Crippen LogP contribution in [0.2, 0.25) is 5.02 Å². The lowest BCUT2D eigenvalue weighted by Gasteiger charge is -2.24. The predicted molar refractivity (Wildman–Crippen MR) is 92.4 cm³/mol. The van der Waals surface area contributed by atoms with Gasteiger partial charge in [-0.3, -0.25) is 0 Å². The van der Waals surface area contributed by atoms with Gasteiger partial charge in [0.05, 0.1) is 10.7 Å². The number of hydrogen-bond donors (Lipinski definition) is 1. The molecule has 0 atom stereocenters. The molecule has 1 fully saturated rings. The van der Waals surface area contributed by atoms with Gasteiger partial charge in [0, 0.05) is 32.7 Å². The second-order valence-electron chi connectivity index (χ2n) is 6.29. The number of halogens is 1. The molecule has 0 bridgehead atoms. The van der Waals surface area contributed by atoms with Crippen LogP contribution >= 0.6 is 11.6 Å². The lowest BCUT2D eigenvalue weighted by atomic mass is 10.2. The molecule has 4 heteroatoms. The number of rotatable bonds is 7. The Balaban J connectivity index is 1.89. The molecular weight excluding hydrogens is 282 g/mol. The molecule has 0 amide bonds. The van der Waals surface area contributed by atoms with Crippen molar-refractivity contribution >= 4 is 17.3 Å². The van der Waals surface area contributed by atoms with Gasteiger partial charge in [0.2, 0.25) is 0 Å². The molecular formula is C17H28ClN3. The lowest BCUT2D eigenvalue weighted by molar-refractivity contribution is 0.346. The first-order valence-corrected chi connectivity index (χ1v) is 8.39. The van der Waals surface area contributed by atoms with Crippen molar-refractivity contribution in [2.75, 3.05) is 38.1 Å². The van der Waals surface area contributed by atoms with Gasteiger partial charge in [0.15, 0.2) is 0 Å². The third kappa shape index (κ3) is 5.17. The smallest absolute Gasteiger partial charge is 0.0642 e. The molecule has 3 nitrogen and oxygen atoms in total. The summed E-state index contributed by atoms with van der Waals surface area (Å²) in [5.41, 5.74) is 2.37. The molecule has 0 radical (unpaired) electrons. The van der Waals surface area contributed by atoms with Gasteiger partial charge in [0.25, 0.3) is 0 Å². The summed E-state index contributed by atoms with van der Waals surface area (Å²) in [7, 11) is 2.13. The monoisotopic (exact) mass is 309 g/mol. The van der Waals surface area contributed by atoms with Gasteiger partial charge in [0.1, 0.15) is 0 Å². The summed E-state index contributed by atoms with van der Waals surface area (Å²) in [6, 6.07) is 6.89. The zero-order valence-corrected chi connectivity index (χ0v) is 14.3. The number of nitrogens with zero attached hydrogens (tertiary/aromatic N) is 2. The quantitative estimate of drug-likeness (QED) is 0.833. The zero-order valence-electron chi connectivity index (χ0n) is 13.5. The van der Waals surface area contributed by atoms with Gasteiger partial charge in [-0.1, -0.05) is 31.5 Å². The number of nitrogens with one attached hydrogen (secondary N) is 1. The summed E-state index contributed by atoms with van der Waals surface area (Å²) in [5, 5.41) is 4.27. The van der Waals surface area contributed by atoms with E-state index < -0.39 is 0 Å². The maximum atomic E-state index is 6.45. The summed E-state index contributed by atoms with van der Waals surface area (Å²) in [4.78, 5) is 4.80. The highest BCUT2D eigenvalue weighted by Gasteiger charge is 2.13. The van der Waals surface area contributed by atoms with Crippen LogP contribution in [-0.4, -0.2) is 44.2 Å². The molecule has 1 aromatic carbocycles. The van der Waals surface area contributed by atoms with E-state index >= 15 is 0 Å². The largest absolute Gasteiger partial charge is 0.372 e. The van der Waals surface area contributed by atoms with Gasteiger partial charge in [-0.25, -0.2) is 0 Å². The van der Waals surface area contributed by atoms with Crippen LogP contribution in [0.4, 0.5) is 5.69 Å². The summed E-state index contributed by atoms with van der Waals surface area (Å²) < 4.78 is 0. The van der Waals surface area contributed by atoms with Crippen molar-refractivity contribution < 1.29 is 0 Å². The molecule has 1 aliphatic heterocycles. The Morgan fingerprint density at radius 2 is 2.00 bits per heavy atom. The third-order valence-corrected chi connectivity index (χ3v) is 4.39. The fraction of sp³-hybridized carbons (Fsp3) is 0.647. The molecule has 0 unspecified atom stereocenters. The second kappa shape index (κ2) is 8.02. The molecule has 1 saturated heterocycles. The summed E-state index contributed by atoms with van der Waals surface area (Å²) in [6.45, 7) is 9.84. The predicted octanol–water partition coefficient (Wildman–Crippen LogP) is 3.37. The van der Waals surface area contributed by atoms with Crippen LogP contribution in [0.25, 0.3) is 0 Å². The van der Waals surface area contributed by atoms with Crippen molar-refractivity contribution in [3.63, 3.8) is 0 Å². The van der Waals surface area contributed by atoms with Gasteiger partial charge in [-0.2, -0.15) is 0 Å². The number of anilines is 1. The normalized spacial score (nSPS) is 15.9. The fourth-order valence-electron chi connectivity index (χ4n) is 2.71. The summed E-state index contributed by atoms with van der Waals surface area (Å²) >= 11 is 6.45. The Morgan fingerprint density at radius 3 is 2.62 bits per heavy atom. The molecule has 1 aromatic rings. The Bertz CT molecular complexity index is 442. The molecule has 1 N–H and O–H groups in total. The highest BCUT2D eigenvalue weighted by atomic mass is 35.5. The minimum atomic E-state index is 0.492. The average Bonchev–Trinajstić information content (AvgIpc) is 2.96. The van der Waals surface area contributed by atoms with Crippen molar-refractivity contribution in [2.24, 2.45) is 0 Å². The van der Waals surface area contributed by atoms with E-state index in [1.807, 2.05) is 0 Å². The van der Waals surface area contributed by atoms with Gasteiger partial charge in [-0.05, 0) is 43.6 Å². The molecule has 21 heavy (non-hydrogen) atoms. The number of hydrogen-bond acceptors (Lipinski definition) is 3. The van der Waals surface area contributed by atoms with E-state index in [0.29, 0.717) is 6.04 Å². The highest BCUT2D eigenvalue weighted by Crippen LogP contribution is 2.26. The second-order valence-corrected chi connectivity index (χ2v) is 6.70. The minimum absolute atomic E-state index is 0.492. The van der Waals surface area contributed by atoms with Crippen LogP contribution in [0.5, 0.6) is 0 Å². The Hall–Kier alpha value is -0.770. The van der Waals surface area contributed by atoms with E-state index in [1.165, 1.54) is 31.5 Å². The van der Waals surface area contributed by atoms with E-state index in [-0.39, 0.29) is 0 Å². The average molecular weight is 310 g/mol. The summed E-state index contributed by atoms with van der Waals surface area (Å²) in [5.74, 6) is 0. The molecule has 1 heterocycles. The molecule has 1 aliphatic rings.